The normalized spacial score (nSPS) is 10.5. The number of hydrogen-bond acceptors (Lipinski definition) is 4. The second-order valence-electron chi connectivity index (χ2n) is 4.15. The lowest BCUT2D eigenvalue weighted by Gasteiger charge is -2.03. The van der Waals surface area contributed by atoms with Crippen LogP contribution in [0.3, 0.4) is 0 Å². The van der Waals surface area contributed by atoms with E-state index in [0.717, 1.165) is 18.7 Å². The minimum absolute atomic E-state index is 0.187. The Morgan fingerprint density at radius 3 is 2.75 bits per heavy atom. The third-order valence-corrected chi connectivity index (χ3v) is 3.56. The van der Waals surface area contributed by atoms with Crippen LogP contribution in [-0.4, -0.2) is 30.5 Å². The molecule has 1 amide bonds. The summed E-state index contributed by atoms with van der Waals surface area (Å²) in [6, 6.07) is 6.07. The van der Waals surface area contributed by atoms with Crippen molar-refractivity contribution in [1.82, 2.24) is 15.6 Å². The molecule has 2 rings (SSSR count). The number of aromatic nitrogens is 1. The SMILES string of the molecule is CCNCCNC(=O)c1csc(-c2ccc(F)cc2)n1. The highest BCUT2D eigenvalue weighted by Gasteiger charge is 2.11. The van der Waals surface area contributed by atoms with Crippen molar-refractivity contribution in [1.29, 1.82) is 0 Å². The maximum absolute atomic E-state index is 12.9. The third kappa shape index (κ3) is 3.85. The number of carbonyl (C=O) groups excluding carboxylic acids is 1. The number of carbonyl (C=O) groups is 1. The molecular weight excluding hydrogens is 277 g/mol. The number of nitrogens with zero attached hydrogens (tertiary/aromatic N) is 1. The van der Waals surface area contributed by atoms with Gasteiger partial charge in [0.05, 0.1) is 0 Å². The summed E-state index contributed by atoms with van der Waals surface area (Å²) in [6.45, 7) is 4.19. The van der Waals surface area contributed by atoms with Crippen LogP contribution in [0.25, 0.3) is 10.6 Å². The Bertz CT molecular complexity index is 568. The van der Waals surface area contributed by atoms with E-state index in [1.54, 1.807) is 17.5 Å². The topological polar surface area (TPSA) is 54.0 Å². The molecular formula is C14H16FN3OS. The van der Waals surface area contributed by atoms with E-state index in [4.69, 9.17) is 0 Å². The number of halogens is 1. The first kappa shape index (κ1) is 14.6. The zero-order chi connectivity index (χ0) is 14.4. The zero-order valence-corrected chi connectivity index (χ0v) is 12.0. The number of rotatable bonds is 6. The van der Waals surface area contributed by atoms with Crippen molar-refractivity contribution in [2.24, 2.45) is 0 Å². The van der Waals surface area contributed by atoms with E-state index in [9.17, 15) is 9.18 Å². The summed E-state index contributed by atoms with van der Waals surface area (Å²) in [7, 11) is 0. The molecule has 1 aromatic carbocycles. The molecule has 0 saturated carbocycles. The molecule has 0 atom stereocenters. The van der Waals surface area contributed by atoms with Crippen LogP contribution in [-0.2, 0) is 0 Å². The first-order valence-electron chi connectivity index (χ1n) is 6.41. The zero-order valence-electron chi connectivity index (χ0n) is 11.1. The van der Waals surface area contributed by atoms with Crippen molar-refractivity contribution >= 4 is 17.2 Å². The molecule has 0 spiro atoms. The van der Waals surface area contributed by atoms with Crippen LogP contribution in [0.15, 0.2) is 29.6 Å². The van der Waals surface area contributed by atoms with Gasteiger partial charge in [0.25, 0.3) is 5.91 Å². The maximum Gasteiger partial charge on any atom is 0.270 e. The first-order chi connectivity index (χ1) is 9.70. The van der Waals surface area contributed by atoms with Crippen LogP contribution in [0, 0.1) is 5.82 Å². The summed E-state index contributed by atoms with van der Waals surface area (Å²) in [5.74, 6) is -0.473. The van der Waals surface area contributed by atoms with Gasteiger partial charge in [0, 0.05) is 24.0 Å². The number of hydrogen-bond donors (Lipinski definition) is 2. The minimum atomic E-state index is -0.285. The molecule has 0 bridgehead atoms. The fourth-order valence-electron chi connectivity index (χ4n) is 1.63. The van der Waals surface area contributed by atoms with Crippen LogP contribution < -0.4 is 10.6 Å². The minimum Gasteiger partial charge on any atom is -0.349 e. The summed E-state index contributed by atoms with van der Waals surface area (Å²) >= 11 is 1.37. The monoisotopic (exact) mass is 293 g/mol. The van der Waals surface area contributed by atoms with Crippen LogP contribution >= 0.6 is 11.3 Å². The van der Waals surface area contributed by atoms with E-state index in [1.807, 2.05) is 6.92 Å². The lowest BCUT2D eigenvalue weighted by atomic mass is 10.2. The van der Waals surface area contributed by atoms with Gasteiger partial charge in [0.15, 0.2) is 0 Å². The highest BCUT2D eigenvalue weighted by atomic mass is 32.1. The second-order valence-corrected chi connectivity index (χ2v) is 5.01. The van der Waals surface area contributed by atoms with Crippen molar-refractivity contribution < 1.29 is 9.18 Å². The van der Waals surface area contributed by atoms with Gasteiger partial charge < -0.3 is 10.6 Å². The Balaban J connectivity index is 1.98. The molecule has 0 saturated heterocycles. The number of benzene rings is 1. The van der Waals surface area contributed by atoms with E-state index in [1.165, 1.54) is 23.5 Å². The van der Waals surface area contributed by atoms with E-state index in [-0.39, 0.29) is 11.7 Å². The van der Waals surface area contributed by atoms with Gasteiger partial charge in [0.1, 0.15) is 16.5 Å². The maximum atomic E-state index is 12.9. The van der Waals surface area contributed by atoms with Crippen molar-refractivity contribution in [2.45, 2.75) is 6.92 Å². The van der Waals surface area contributed by atoms with E-state index >= 15 is 0 Å². The molecule has 20 heavy (non-hydrogen) atoms. The summed E-state index contributed by atoms with van der Waals surface area (Å²) in [6.07, 6.45) is 0. The van der Waals surface area contributed by atoms with Crippen molar-refractivity contribution in [3.63, 3.8) is 0 Å². The van der Waals surface area contributed by atoms with Gasteiger partial charge in [-0.05, 0) is 30.8 Å². The number of nitrogens with one attached hydrogen (secondary N) is 2. The van der Waals surface area contributed by atoms with Crippen molar-refractivity contribution in [2.75, 3.05) is 19.6 Å². The van der Waals surface area contributed by atoms with Gasteiger partial charge in [-0.25, -0.2) is 9.37 Å². The number of thiazole rings is 1. The largest absolute Gasteiger partial charge is 0.349 e. The highest BCUT2D eigenvalue weighted by molar-refractivity contribution is 7.13. The molecule has 0 fully saturated rings. The Morgan fingerprint density at radius 2 is 2.05 bits per heavy atom. The number of likely N-dealkylation sites (N-methyl/N-ethyl adjacent to an activating group) is 1. The van der Waals surface area contributed by atoms with Gasteiger partial charge in [-0.15, -0.1) is 11.3 Å². The molecule has 0 unspecified atom stereocenters. The van der Waals surface area contributed by atoms with Crippen molar-refractivity contribution in [3.8, 4) is 10.6 Å². The molecule has 6 heteroatoms. The highest BCUT2D eigenvalue weighted by Crippen LogP contribution is 2.23. The fourth-order valence-corrected chi connectivity index (χ4v) is 2.44. The quantitative estimate of drug-likeness (QED) is 0.804. The number of amides is 1. The predicted octanol–water partition coefficient (Wildman–Crippen LogP) is 2.29. The molecule has 0 radical (unpaired) electrons. The predicted molar refractivity (Wildman–Crippen MR) is 78.4 cm³/mol. The van der Waals surface area contributed by atoms with Gasteiger partial charge in [0.2, 0.25) is 0 Å². The molecule has 2 aromatic rings. The summed E-state index contributed by atoms with van der Waals surface area (Å²) in [5, 5.41) is 8.33. The Kier molecular flexibility index (Phi) is 5.20. The molecule has 0 aliphatic rings. The van der Waals surface area contributed by atoms with E-state index in [2.05, 4.69) is 15.6 Å². The fraction of sp³-hybridized carbons (Fsp3) is 0.286. The lowest BCUT2D eigenvalue weighted by molar-refractivity contribution is 0.0950. The lowest BCUT2D eigenvalue weighted by Crippen LogP contribution is -2.31. The molecule has 2 N–H and O–H groups in total. The molecule has 0 aliphatic heterocycles. The van der Waals surface area contributed by atoms with Crippen molar-refractivity contribution in [3.05, 3.63) is 41.2 Å². The Hall–Kier alpha value is -1.79. The average Bonchev–Trinajstić information content (AvgIpc) is 2.94. The van der Waals surface area contributed by atoms with Gasteiger partial charge in [-0.2, -0.15) is 0 Å². The molecule has 1 heterocycles. The van der Waals surface area contributed by atoms with Crippen LogP contribution in [0.2, 0.25) is 0 Å². The average molecular weight is 293 g/mol. The second kappa shape index (κ2) is 7.12. The van der Waals surface area contributed by atoms with Gasteiger partial charge in [-0.1, -0.05) is 6.92 Å². The van der Waals surface area contributed by atoms with Crippen LogP contribution in [0.5, 0.6) is 0 Å². The third-order valence-electron chi connectivity index (χ3n) is 2.67. The van der Waals surface area contributed by atoms with E-state index < -0.39 is 0 Å². The van der Waals surface area contributed by atoms with Gasteiger partial charge in [-0.3, -0.25) is 4.79 Å². The standard InChI is InChI=1S/C14H16FN3OS/c1-2-16-7-8-17-13(19)12-9-20-14(18-12)10-3-5-11(15)6-4-10/h3-6,9,16H,2,7-8H2,1H3,(H,17,19). The van der Waals surface area contributed by atoms with Gasteiger partial charge >= 0.3 is 0 Å². The Labute approximate surface area is 121 Å². The molecule has 4 nitrogen and oxygen atoms in total. The summed E-state index contributed by atoms with van der Waals surface area (Å²) in [5.41, 5.74) is 1.20. The molecule has 0 aliphatic carbocycles. The van der Waals surface area contributed by atoms with Crippen LogP contribution in [0.4, 0.5) is 4.39 Å². The molecule has 1 aromatic heterocycles. The first-order valence-corrected chi connectivity index (χ1v) is 7.29. The Morgan fingerprint density at radius 1 is 1.30 bits per heavy atom. The summed E-state index contributed by atoms with van der Waals surface area (Å²) in [4.78, 5) is 16.1. The summed E-state index contributed by atoms with van der Waals surface area (Å²) < 4.78 is 12.9. The van der Waals surface area contributed by atoms with E-state index in [0.29, 0.717) is 17.2 Å². The molecule has 106 valence electrons. The smallest absolute Gasteiger partial charge is 0.270 e. The van der Waals surface area contributed by atoms with Crippen LogP contribution in [0.1, 0.15) is 17.4 Å².